The van der Waals surface area contributed by atoms with Gasteiger partial charge in [-0.3, -0.25) is 0 Å². The maximum atomic E-state index is 13.7. The van der Waals surface area contributed by atoms with E-state index >= 15 is 0 Å². The molecule has 0 amide bonds. The first-order chi connectivity index (χ1) is 19.9. The predicted molar refractivity (Wildman–Crippen MR) is 164 cm³/mol. The van der Waals surface area contributed by atoms with Crippen molar-refractivity contribution in [3.8, 4) is 11.5 Å². The first-order valence-electron chi connectivity index (χ1n) is 13.1. The SMILES string of the molecule is COC(=O)C1=C(Nc2ccc(Cl)cc2)C[C@@H](c2ccc(OC)cc2)N(c2ccc(Cl)cc2)[C@@H]1c1ccc(OC)cc1. The van der Waals surface area contributed by atoms with Crippen molar-refractivity contribution in [2.75, 3.05) is 31.5 Å². The quantitative estimate of drug-likeness (QED) is 0.209. The molecule has 0 bridgehead atoms. The molecule has 1 aliphatic rings. The van der Waals surface area contributed by atoms with Crippen LogP contribution in [0.5, 0.6) is 11.5 Å². The summed E-state index contributed by atoms with van der Waals surface area (Å²) in [5.74, 6) is 1.06. The van der Waals surface area contributed by atoms with Crippen molar-refractivity contribution in [1.29, 1.82) is 0 Å². The third-order valence-corrected chi connectivity index (χ3v) is 7.72. The van der Waals surface area contributed by atoms with E-state index in [4.69, 9.17) is 37.4 Å². The molecular weight excluding hydrogens is 559 g/mol. The Bertz CT molecular complexity index is 1520. The van der Waals surface area contributed by atoms with Gasteiger partial charge in [0.1, 0.15) is 11.5 Å². The molecule has 1 heterocycles. The number of benzene rings is 4. The van der Waals surface area contributed by atoms with E-state index in [1.54, 1.807) is 14.2 Å². The average Bonchev–Trinajstić information content (AvgIpc) is 3.02. The van der Waals surface area contributed by atoms with E-state index in [-0.39, 0.29) is 6.04 Å². The molecule has 0 aliphatic carbocycles. The fourth-order valence-corrected chi connectivity index (χ4v) is 5.47. The number of ether oxygens (including phenoxy) is 3. The zero-order chi connectivity index (χ0) is 28.9. The molecule has 41 heavy (non-hydrogen) atoms. The van der Waals surface area contributed by atoms with Crippen molar-refractivity contribution in [1.82, 2.24) is 0 Å². The topological polar surface area (TPSA) is 60.0 Å². The van der Waals surface area contributed by atoms with Gasteiger partial charge in [-0.1, -0.05) is 47.5 Å². The third-order valence-electron chi connectivity index (χ3n) is 7.21. The lowest BCUT2D eigenvalue weighted by Gasteiger charge is -2.46. The minimum absolute atomic E-state index is 0.169. The molecule has 8 heteroatoms. The van der Waals surface area contributed by atoms with Gasteiger partial charge in [-0.25, -0.2) is 4.79 Å². The Labute approximate surface area is 250 Å². The lowest BCUT2D eigenvalue weighted by Crippen LogP contribution is -2.41. The van der Waals surface area contributed by atoms with Crippen LogP contribution in [0.25, 0.3) is 0 Å². The highest BCUT2D eigenvalue weighted by Crippen LogP contribution is 2.48. The number of hydrogen-bond donors (Lipinski definition) is 1. The van der Waals surface area contributed by atoms with E-state index in [0.717, 1.165) is 39.7 Å². The number of halogens is 2. The first-order valence-corrected chi connectivity index (χ1v) is 13.8. The van der Waals surface area contributed by atoms with Gasteiger partial charge in [0.25, 0.3) is 0 Å². The van der Waals surface area contributed by atoms with Crippen molar-refractivity contribution in [3.63, 3.8) is 0 Å². The minimum atomic E-state index is -0.509. The Morgan fingerprint density at radius 3 is 1.76 bits per heavy atom. The van der Waals surface area contributed by atoms with E-state index in [9.17, 15) is 4.79 Å². The molecular formula is C33H30Cl2N2O4. The van der Waals surface area contributed by atoms with Crippen LogP contribution >= 0.6 is 23.2 Å². The van der Waals surface area contributed by atoms with Gasteiger partial charge in [0.05, 0.1) is 39.0 Å². The second-order valence-electron chi connectivity index (χ2n) is 9.57. The van der Waals surface area contributed by atoms with Gasteiger partial charge < -0.3 is 24.4 Å². The van der Waals surface area contributed by atoms with Crippen LogP contribution in [0.15, 0.2) is 108 Å². The van der Waals surface area contributed by atoms with Crippen LogP contribution in [-0.4, -0.2) is 27.3 Å². The van der Waals surface area contributed by atoms with Gasteiger partial charge >= 0.3 is 5.97 Å². The van der Waals surface area contributed by atoms with Gasteiger partial charge in [-0.15, -0.1) is 0 Å². The number of anilines is 2. The molecule has 0 saturated carbocycles. The lowest BCUT2D eigenvalue weighted by atomic mass is 9.84. The summed E-state index contributed by atoms with van der Waals surface area (Å²) in [5, 5.41) is 4.78. The van der Waals surface area contributed by atoms with Crippen molar-refractivity contribution in [3.05, 3.63) is 130 Å². The molecule has 0 spiro atoms. The smallest absolute Gasteiger partial charge is 0.337 e. The molecule has 1 N–H and O–H groups in total. The molecule has 0 saturated heterocycles. The van der Waals surface area contributed by atoms with Crippen LogP contribution in [0.3, 0.4) is 0 Å². The molecule has 4 aromatic rings. The second kappa shape index (κ2) is 12.6. The standard InChI is InChI=1S/C33H30Cl2N2O4/c1-39-27-16-4-21(5-17-27)30-20-29(36-25-12-8-23(34)9-13-25)31(33(38)41-3)32(22-6-18-28(40-2)19-7-22)37(30)26-14-10-24(35)11-15-26/h4-19,30,32,36H,20H2,1-3H3/t30-,32+/m0/s1. The van der Waals surface area contributed by atoms with Crippen LogP contribution in [0, 0.1) is 0 Å². The predicted octanol–water partition coefficient (Wildman–Crippen LogP) is 8.24. The zero-order valence-electron chi connectivity index (χ0n) is 22.9. The van der Waals surface area contributed by atoms with Gasteiger partial charge in [-0.2, -0.15) is 0 Å². The Kier molecular flexibility index (Phi) is 8.72. The van der Waals surface area contributed by atoms with Crippen molar-refractivity contribution >= 4 is 40.5 Å². The van der Waals surface area contributed by atoms with Gasteiger partial charge in [-0.05, 0) is 83.9 Å². The Balaban J connectivity index is 1.76. The minimum Gasteiger partial charge on any atom is -0.497 e. The summed E-state index contributed by atoms with van der Waals surface area (Å²) in [7, 11) is 4.68. The lowest BCUT2D eigenvalue weighted by molar-refractivity contribution is -0.136. The van der Waals surface area contributed by atoms with Crippen molar-refractivity contribution in [2.24, 2.45) is 0 Å². The maximum absolute atomic E-state index is 13.7. The number of nitrogens with one attached hydrogen (secondary N) is 1. The van der Waals surface area contributed by atoms with E-state index in [2.05, 4.69) is 22.3 Å². The van der Waals surface area contributed by atoms with Crippen LogP contribution in [0.2, 0.25) is 10.0 Å². The first kappa shape index (κ1) is 28.4. The molecule has 6 nitrogen and oxygen atoms in total. The van der Waals surface area contributed by atoms with Crippen molar-refractivity contribution < 1.29 is 19.0 Å². The number of hydrogen-bond acceptors (Lipinski definition) is 6. The fraction of sp³-hybridized carbons (Fsp3) is 0.182. The van der Waals surface area contributed by atoms with Gasteiger partial charge in [0.15, 0.2) is 0 Å². The number of rotatable bonds is 8. The number of methoxy groups -OCH3 is 3. The molecule has 210 valence electrons. The van der Waals surface area contributed by atoms with Crippen LogP contribution in [0.1, 0.15) is 29.6 Å². The number of nitrogens with zero attached hydrogens (tertiary/aromatic N) is 1. The van der Waals surface area contributed by atoms with Crippen LogP contribution in [-0.2, 0) is 9.53 Å². The van der Waals surface area contributed by atoms with Crippen molar-refractivity contribution in [2.45, 2.75) is 18.5 Å². The second-order valence-corrected chi connectivity index (χ2v) is 10.4. The van der Waals surface area contributed by atoms with Crippen LogP contribution in [0.4, 0.5) is 11.4 Å². The Morgan fingerprint density at radius 1 is 0.732 bits per heavy atom. The van der Waals surface area contributed by atoms with Gasteiger partial charge in [0.2, 0.25) is 0 Å². The molecule has 2 atom stereocenters. The highest BCUT2D eigenvalue weighted by atomic mass is 35.5. The Hall–Kier alpha value is -4.13. The zero-order valence-corrected chi connectivity index (χ0v) is 24.4. The molecule has 0 unspecified atom stereocenters. The summed E-state index contributed by atoms with van der Waals surface area (Å²) in [5.41, 5.74) is 4.93. The number of carbonyl (C=O) groups is 1. The molecule has 5 rings (SSSR count). The summed E-state index contributed by atoms with van der Waals surface area (Å²) in [6, 6.07) is 30.1. The molecule has 1 aliphatic heterocycles. The highest BCUT2D eigenvalue weighted by molar-refractivity contribution is 6.30. The molecule has 0 fully saturated rings. The van der Waals surface area contributed by atoms with E-state index in [0.29, 0.717) is 22.0 Å². The summed E-state index contributed by atoms with van der Waals surface area (Å²) in [4.78, 5) is 15.9. The summed E-state index contributed by atoms with van der Waals surface area (Å²) in [6.45, 7) is 0. The normalized spacial score (nSPS) is 16.8. The van der Waals surface area contributed by atoms with Crippen LogP contribution < -0.4 is 19.7 Å². The highest BCUT2D eigenvalue weighted by Gasteiger charge is 2.41. The van der Waals surface area contributed by atoms with E-state index in [1.807, 2.05) is 84.9 Å². The number of esters is 1. The largest absolute Gasteiger partial charge is 0.497 e. The van der Waals surface area contributed by atoms with Gasteiger partial charge in [0, 0.05) is 33.5 Å². The Morgan fingerprint density at radius 2 is 1.24 bits per heavy atom. The maximum Gasteiger partial charge on any atom is 0.337 e. The average molecular weight is 590 g/mol. The number of carbonyl (C=O) groups excluding carboxylic acids is 1. The summed E-state index contributed by atoms with van der Waals surface area (Å²) < 4.78 is 16.3. The fourth-order valence-electron chi connectivity index (χ4n) is 5.22. The molecule has 4 aromatic carbocycles. The third kappa shape index (κ3) is 6.14. The summed E-state index contributed by atoms with van der Waals surface area (Å²) >= 11 is 12.5. The molecule has 0 aromatic heterocycles. The monoisotopic (exact) mass is 588 g/mol. The van der Waals surface area contributed by atoms with E-state index < -0.39 is 12.0 Å². The van der Waals surface area contributed by atoms with E-state index in [1.165, 1.54) is 7.11 Å². The summed E-state index contributed by atoms with van der Waals surface area (Å²) in [6.07, 6.45) is 0.495. The molecule has 0 radical (unpaired) electrons.